The van der Waals surface area contributed by atoms with E-state index in [2.05, 4.69) is 50.3 Å². The van der Waals surface area contributed by atoms with Gasteiger partial charge in [0.1, 0.15) is 11.8 Å². The number of rotatable bonds is 7. The van der Waals surface area contributed by atoms with Gasteiger partial charge in [0, 0.05) is 93.6 Å². The van der Waals surface area contributed by atoms with Gasteiger partial charge in [-0.1, -0.05) is 43.9 Å². The molecule has 3 saturated heterocycles. The van der Waals surface area contributed by atoms with Crippen molar-refractivity contribution in [2.75, 3.05) is 55.6 Å². The number of carbonyl (C=O) groups is 3. The van der Waals surface area contributed by atoms with E-state index in [1.165, 1.54) is 11.8 Å². The number of halogens is 2. The van der Waals surface area contributed by atoms with E-state index < -0.39 is 12.0 Å². The molecule has 3 aromatic carbocycles. The molecular weight excluding hydrogens is 701 g/mol. The molecule has 3 amide bonds. The maximum atomic E-state index is 15.5. The highest BCUT2D eigenvalue weighted by Crippen LogP contribution is 2.55. The van der Waals surface area contributed by atoms with Gasteiger partial charge >= 0.3 is 0 Å². The summed E-state index contributed by atoms with van der Waals surface area (Å²) in [6.07, 6.45) is 6.96. The van der Waals surface area contributed by atoms with Crippen LogP contribution in [0.15, 0.2) is 60.7 Å². The first kappa shape index (κ1) is 36.1. The molecule has 290 valence electrons. The minimum Gasteiger partial charge on any atom is -0.508 e. The minimum atomic E-state index is -2.94. The van der Waals surface area contributed by atoms with Gasteiger partial charge in [-0.05, 0) is 96.2 Å². The number of benzene rings is 3. The maximum Gasteiger partial charge on any atom is 0.274 e. The number of aromatic hydroxyl groups is 1. The van der Waals surface area contributed by atoms with E-state index in [4.69, 9.17) is 0 Å². The summed E-state index contributed by atoms with van der Waals surface area (Å²) in [6.45, 7) is 7.27. The van der Waals surface area contributed by atoms with E-state index >= 15 is 8.78 Å². The van der Waals surface area contributed by atoms with Crippen molar-refractivity contribution in [3.05, 3.63) is 88.5 Å². The van der Waals surface area contributed by atoms with Crippen LogP contribution in [-0.4, -0.2) is 84.5 Å². The summed E-state index contributed by atoms with van der Waals surface area (Å²) in [6, 6.07) is 18.7. The largest absolute Gasteiger partial charge is 0.508 e. The van der Waals surface area contributed by atoms with Gasteiger partial charge in [0.25, 0.3) is 11.8 Å². The number of fused-ring (bicyclic) bond motifs is 2. The average molecular weight is 752 g/mol. The van der Waals surface area contributed by atoms with Gasteiger partial charge in [0.05, 0.1) is 0 Å². The van der Waals surface area contributed by atoms with E-state index in [0.29, 0.717) is 35.9 Å². The number of nitrogens with one attached hydrogen (secondary N) is 1. The van der Waals surface area contributed by atoms with Crippen LogP contribution in [0, 0.1) is 17.8 Å². The third kappa shape index (κ3) is 6.98. The van der Waals surface area contributed by atoms with Gasteiger partial charge in [0.2, 0.25) is 11.8 Å². The van der Waals surface area contributed by atoms with E-state index in [1.807, 2.05) is 12.1 Å². The first-order valence-corrected chi connectivity index (χ1v) is 20.4. The van der Waals surface area contributed by atoms with Crippen molar-refractivity contribution in [2.24, 2.45) is 17.8 Å². The molecule has 0 radical (unpaired) electrons. The zero-order chi connectivity index (χ0) is 37.8. The van der Waals surface area contributed by atoms with E-state index in [-0.39, 0.29) is 53.7 Å². The second-order valence-electron chi connectivity index (χ2n) is 16.9. The number of phenolic OH excluding ortho intramolecular Hbond substituents is 1. The van der Waals surface area contributed by atoms with Crippen molar-refractivity contribution in [3.8, 4) is 5.75 Å². The standard InChI is InChI=1S/C44H51F2N5O4/c45-44(46)25-37(29-3-1-2-4-29)41(36-12-10-34(52)24-38(36)44)30-5-7-32(8-6-30)49-17-15-28(16-18-49)26-48-19-21-50(22-20-48)33-9-11-35-31(23-33)27-51(43(35)55)39-13-14-40(53)47-42(39)54/h5-12,23-24,28-29,37,39,41,52H,1-4,13-22,25-27H2,(H,47,53,54)/t37-,39-,41-/m0/s1. The molecule has 1 saturated carbocycles. The highest BCUT2D eigenvalue weighted by atomic mass is 19.3. The van der Waals surface area contributed by atoms with Crippen LogP contribution in [0.1, 0.15) is 96.3 Å². The number of hydrogen-bond acceptors (Lipinski definition) is 7. The molecule has 3 aromatic rings. The number of alkyl halides is 2. The Balaban J connectivity index is 0.783. The number of anilines is 2. The first-order chi connectivity index (χ1) is 26.6. The molecule has 3 atom stereocenters. The zero-order valence-electron chi connectivity index (χ0n) is 31.4. The van der Waals surface area contributed by atoms with Crippen LogP contribution < -0.4 is 15.1 Å². The van der Waals surface area contributed by atoms with Crippen molar-refractivity contribution in [1.29, 1.82) is 0 Å². The lowest BCUT2D eigenvalue weighted by Crippen LogP contribution is -2.52. The zero-order valence-corrected chi connectivity index (χ0v) is 31.4. The molecule has 4 fully saturated rings. The summed E-state index contributed by atoms with van der Waals surface area (Å²) in [7, 11) is 0. The fraction of sp³-hybridized carbons (Fsp3) is 0.523. The minimum absolute atomic E-state index is 0.0136. The monoisotopic (exact) mass is 751 g/mol. The Labute approximate surface area is 321 Å². The third-order valence-corrected chi connectivity index (χ3v) is 13.7. The second-order valence-corrected chi connectivity index (χ2v) is 16.9. The number of imide groups is 1. The number of piperidine rings is 2. The van der Waals surface area contributed by atoms with Gasteiger partial charge in [-0.2, -0.15) is 0 Å². The van der Waals surface area contributed by atoms with Gasteiger partial charge < -0.3 is 19.8 Å². The van der Waals surface area contributed by atoms with Gasteiger partial charge in [-0.3, -0.25) is 24.6 Å². The Hall–Kier alpha value is -4.51. The van der Waals surface area contributed by atoms with Crippen molar-refractivity contribution in [3.63, 3.8) is 0 Å². The topological polar surface area (TPSA) is 96.4 Å². The van der Waals surface area contributed by atoms with Crippen molar-refractivity contribution in [1.82, 2.24) is 15.1 Å². The molecule has 2 aliphatic carbocycles. The summed E-state index contributed by atoms with van der Waals surface area (Å²) in [5.41, 5.74) is 5.63. The van der Waals surface area contributed by atoms with Crippen LogP contribution in [0.2, 0.25) is 0 Å². The maximum absolute atomic E-state index is 15.5. The normalized spacial score (nSPS) is 26.3. The Morgan fingerprint density at radius 1 is 0.782 bits per heavy atom. The molecule has 6 aliphatic rings. The molecule has 9 rings (SSSR count). The Bertz CT molecular complexity index is 1950. The number of hydrogen-bond donors (Lipinski definition) is 2. The predicted molar refractivity (Wildman–Crippen MR) is 206 cm³/mol. The lowest BCUT2D eigenvalue weighted by atomic mass is 9.65. The van der Waals surface area contributed by atoms with E-state index in [0.717, 1.165) is 101 Å². The Kier molecular flexibility index (Phi) is 9.55. The summed E-state index contributed by atoms with van der Waals surface area (Å²) in [4.78, 5) is 46.3. The number of carbonyl (C=O) groups excluding carboxylic acids is 3. The molecule has 9 nitrogen and oxygen atoms in total. The summed E-state index contributed by atoms with van der Waals surface area (Å²) in [5.74, 6) is -3.13. The summed E-state index contributed by atoms with van der Waals surface area (Å²) >= 11 is 0. The molecule has 4 heterocycles. The average Bonchev–Trinajstić information content (AvgIpc) is 3.84. The van der Waals surface area contributed by atoms with Gasteiger partial charge in [0.15, 0.2) is 0 Å². The molecular formula is C44H51F2N5O4. The lowest BCUT2D eigenvalue weighted by Gasteiger charge is -2.41. The van der Waals surface area contributed by atoms with Crippen LogP contribution in [0.3, 0.4) is 0 Å². The van der Waals surface area contributed by atoms with Crippen molar-refractivity contribution >= 4 is 29.1 Å². The van der Waals surface area contributed by atoms with Crippen LogP contribution in [-0.2, 0) is 22.1 Å². The van der Waals surface area contributed by atoms with Gasteiger partial charge in [-0.25, -0.2) is 8.78 Å². The molecule has 0 spiro atoms. The molecule has 0 aromatic heterocycles. The molecule has 2 N–H and O–H groups in total. The number of piperazine rings is 1. The molecule has 0 bridgehead atoms. The smallest absolute Gasteiger partial charge is 0.274 e. The molecule has 4 aliphatic heterocycles. The fourth-order valence-corrected chi connectivity index (χ4v) is 10.7. The van der Waals surface area contributed by atoms with Crippen LogP contribution in [0.5, 0.6) is 5.75 Å². The highest BCUT2D eigenvalue weighted by molar-refractivity contribution is 6.05. The number of amides is 3. The van der Waals surface area contributed by atoms with Crippen LogP contribution in [0.4, 0.5) is 20.2 Å². The number of phenols is 1. The van der Waals surface area contributed by atoms with E-state index in [1.54, 1.807) is 17.0 Å². The summed E-state index contributed by atoms with van der Waals surface area (Å²) in [5, 5.41) is 12.5. The van der Waals surface area contributed by atoms with Crippen LogP contribution in [0.25, 0.3) is 0 Å². The van der Waals surface area contributed by atoms with Crippen molar-refractivity contribution < 1.29 is 28.3 Å². The Morgan fingerprint density at radius 2 is 1.49 bits per heavy atom. The first-order valence-electron chi connectivity index (χ1n) is 20.4. The SMILES string of the molecule is O=C1CC[C@H](N2Cc3cc(N4CCN(CC5CCN(c6ccc([C@H]7c8ccc(O)cc8C(F)(F)C[C@H]7C7CCCC7)cc6)CC5)CC4)ccc3C2=O)C(=O)N1. The highest BCUT2D eigenvalue weighted by Gasteiger charge is 2.49. The molecule has 0 unspecified atom stereocenters. The van der Waals surface area contributed by atoms with E-state index in [9.17, 15) is 19.5 Å². The predicted octanol–water partition coefficient (Wildman–Crippen LogP) is 6.63. The fourth-order valence-electron chi connectivity index (χ4n) is 10.7. The molecule has 11 heteroatoms. The van der Waals surface area contributed by atoms with Gasteiger partial charge in [-0.15, -0.1) is 0 Å². The second kappa shape index (κ2) is 14.5. The quantitative estimate of drug-likeness (QED) is 0.262. The third-order valence-electron chi connectivity index (χ3n) is 13.7. The number of nitrogens with zero attached hydrogens (tertiary/aromatic N) is 4. The van der Waals surface area contributed by atoms with Crippen molar-refractivity contribution in [2.45, 2.75) is 82.2 Å². The lowest BCUT2D eigenvalue weighted by molar-refractivity contribution is -0.136. The Morgan fingerprint density at radius 3 is 2.22 bits per heavy atom. The molecule has 55 heavy (non-hydrogen) atoms. The van der Waals surface area contributed by atoms with Crippen LogP contribution >= 0.6 is 0 Å². The summed E-state index contributed by atoms with van der Waals surface area (Å²) < 4.78 is 31.0.